The van der Waals surface area contributed by atoms with Crippen LogP contribution in [-0.4, -0.2) is 30.8 Å². The van der Waals surface area contributed by atoms with Gasteiger partial charge < -0.3 is 15.2 Å². The molecule has 2 N–H and O–H groups in total. The summed E-state index contributed by atoms with van der Waals surface area (Å²) in [4.78, 5) is 11.3. The van der Waals surface area contributed by atoms with Crippen molar-refractivity contribution in [3.63, 3.8) is 0 Å². The molecule has 0 saturated carbocycles. The summed E-state index contributed by atoms with van der Waals surface area (Å²) in [5, 5.41) is 14.3. The number of carboxylic acids is 1. The predicted octanol–water partition coefficient (Wildman–Crippen LogP) is 2.89. The second kappa shape index (κ2) is 6.60. The smallest absolute Gasteiger partial charge is 0.345 e. The fourth-order valence-electron chi connectivity index (χ4n) is 2.89. The van der Waals surface area contributed by atoms with E-state index in [1.807, 2.05) is 11.4 Å². The van der Waals surface area contributed by atoms with Crippen LogP contribution in [-0.2, 0) is 16.7 Å². The number of thiophene rings is 1. The van der Waals surface area contributed by atoms with E-state index in [4.69, 9.17) is 9.84 Å². The minimum atomic E-state index is -0.860. The lowest BCUT2D eigenvalue weighted by molar-refractivity contribution is 0.0702. The third kappa shape index (κ3) is 3.21. The maximum absolute atomic E-state index is 10.9. The fourth-order valence-corrected chi connectivity index (χ4v) is 3.64. The molecule has 0 aliphatic carbocycles. The number of carbonyl (C=O) groups is 1. The number of aromatic carboxylic acids is 1. The Morgan fingerprint density at radius 2 is 2.18 bits per heavy atom. The van der Waals surface area contributed by atoms with E-state index in [1.165, 1.54) is 16.9 Å². The second-order valence-corrected chi connectivity index (χ2v) is 6.59. The van der Waals surface area contributed by atoms with Crippen LogP contribution in [0.2, 0.25) is 0 Å². The molecular weight excluding hydrogens is 298 g/mol. The molecule has 0 bridgehead atoms. The maximum atomic E-state index is 10.9. The van der Waals surface area contributed by atoms with Crippen LogP contribution in [0.1, 0.15) is 27.2 Å². The first kappa shape index (κ1) is 15.2. The van der Waals surface area contributed by atoms with Crippen LogP contribution in [0.5, 0.6) is 0 Å². The topological polar surface area (TPSA) is 58.6 Å². The van der Waals surface area contributed by atoms with E-state index in [9.17, 15) is 4.79 Å². The van der Waals surface area contributed by atoms with Gasteiger partial charge in [0.25, 0.3) is 0 Å². The SMILES string of the molecule is O=C(O)c1cc(CNCC2(c3ccccc3)CCOC2)cs1. The number of nitrogens with one attached hydrogen (secondary N) is 1. The van der Waals surface area contributed by atoms with E-state index >= 15 is 0 Å². The summed E-state index contributed by atoms with van der Waals surface area (Å²) >= 11 is 1.27. The summed E-state index contributed by atoms with van der Waals surface area (Å²) in [6.07, 6.45) is 1.01. The third-order valence-electron chi connectivity index (χ3n) is 4.15. The summed E-state index contributed by atoms with van der Waals surface area (Å²) in [6.45, 7) is 3.03. The van der Waals surface area contributed by atoms with E-state index in [0.717, 1.165) is 31.7 Å². The van der Waals surface area contributed by atoms with Crippen molar-refractivity contribution in [2.45, 2.75) is 18.4 Å². The van der Waals surface area contributed by atoms with Crippen molar-refractivity contribution < 1.29 is 14.6 Å². The molecular formula is C17H19NO3S. The molecule has 2 aromatic rings. The van der Waals surface area contributed by atoms with E-state index < -0.39 is 5.97 Å². The Hall–Kier alpha value is -1.69. The lowest BCUT2D eigenvalue weighted by Gasteiger charge is -2.28. The number of hydrogen-bond acceptors (Lipinski definition) is 4. The number of benzene rings is 1. The predicted molar refractivity (Wildman–Crippen MR) is 86.5 cm³/mol. The number of rotatable bonds is 6. The first-order chi connectivity index (χ1) is 10.7. The van der Waals surface area contributed by atoms with Gasteiger partial charge in [0.2, 0.25) is 0 Å². The van der Waals surface area contributed by atoms with Gasteiger partial charge in [-0.3, -0.25) is 0 Å². The van der Waals surface area contributed by atoms with E-state index in [2.05, 4.69) is 29.6 Å². The first-order valence-corrected chi connectivity index (χ1v) is 8.22. The van der Waals surface area contributed by atoms with Crippen molar-refractivity contribution in [1.82, 2.24) is 5.32 Å². The standard InChI is InChI=1S/C17H19NO3S/c19-16(20)15-8-13(10-22-15)9-18-11-17(6-7-21-12-17)14-4-2-1-3-5-14/h1-5,8,10,18H,6-7,9,11-12H2,(H,19,20). The van der Waals surface area contributed by atoms with Crippen LogP contribution in [0, 0.1) is 0 Å². The molecule has 1 aromatic carbocycles. The van der Waals surface area contributed by atoms with Crippen LogP contribution in [0.15, 0.2) is 41.8 Å². The normalized spacial score (nSPS) is 21.1. The molecule has 1 atom stereocenters. The Morgan fingerprint density at radius 1 is 1.36 bits per heavy atom. The molecule has 22 heavy (non-hydrogen) atoms. The van der Waals surface area contributed by atoms with Gasteiger partial charge in [-0.1, -0.05) is 30.3 Å². The Balaban J connectivity index is 1.64. The highest BCUT2D eigenvalue weighted by atomic mass is 32.1. The van der Waals surface area contributed by atoms with Crippen LogP contribution in [0.4, 0.5) is 0 Å². The van der Waals surface area contributed by atoms with Crippen molar-refractivity contribution in [2.75, 3.05) is 19.8 Å². The summed E-state index contributed by atoms with van der Waals surface area (Å²) in [5.41, 5.74) is 2.34. The molecule has 3 rings (SSSR count). The van der Waals surface area contributed by atoms with Crippen LogP contribution < -0.4 is 5.32 Å². The number of hydrogen-bond donors (Lipinski definition) is 2. The van der Waals surface area contributed by atoms with Gasteiger partial charge in [-0.25, -0.2) is 4.79 Å². The molecule has 1 aromatic heterocycles. The number of carboxylic acid groups (broad SMARTS) is 1. The minimum absolute atomic E-state index is 0.0207. The molecule has 1 aliphatic rings. The van der Waals surface area contributed by atoms with Gasteiger partial charge >= 0.3 is 5.97 Å². The molecule has 0 spiro atoms. The highest BCUT2D eigenvalue weighted by Crippen LogP contribution is 2.32. The molecule has 116 valence electrons. The zero-order valence-electron chi connectivity index (χ0n) is 12.2. The second-order valence-electron chi connectivity index (χ2n) is 5.68. The van der Waals surface area contributed by atoms with Crippen LogP contribution >= 0.6 is 11.3 Å². The quantitative estimate of drug-likeness (QED) is 0.860. The monoisotopic (exact) mass is 317 g/mol. The lowest BCUT2D eigenvalue weighted by Crippen LogP contribution is -2.38. The summed E-state index contributed by atoms with van der Waals surface area (Å²) in [5.74, 6) is -0.860. The van der Waals surface area contributed by atoms with Gasteiger partial charge in [0.1, 0.15) is 4.88 Å². The fraction of sp³-hybridized carbons (Fsp3) is 0.353. The summed E-state index contributed by atoms with van der Waals surface area (Å²) in [6, 6.07) is 12.2. The largest absolute Gasteiger partial charge is 0.477 e. The zero-order valence-corrected chi connectivity index (χ0v) is 13.1. The minimum Gasteiger partial charge on any atom is -0.477 e. The summed E-state index contributed by atoms with van der Waals surface area (Å²) in [7, 11) is 0. The van der Waals surface area contributed by atoms with Crippen molar-refractivity contribution >= 4 is 17.3 Å². The Kier molecular flexibility index (Phi) is 4.57. The third-order valence-corrected chi connectivity index (χ3v) is 5.11. The molecule has 1 unspecified atom stereocenters. The number of ether oxygens (including phenoxy) is 1. The maximum Gasteiger partial charge on any atom is 0.345 e. The summed E-state index contributed by atoms with van der Waals surface area (Å²) < 4.78 is 5.64. The molecule has 0 amide bonds. The van der Waals surface area contributed by atoms with E-state index in [1.54, 1.807) is 6.07 Å². The molecule has 1 saturated heterocycles. The van der Waals surface area contributed by atoms with Gasteiger partial charge in [-0.2, -0.15) is 0 Å². The zero-order chi connectivity index (χ0) is 15.4. The lowest BCUT2D eigenvalue weighted by atomic mass is 9.80. The Morgan fingerprint density at radius 3 is 2.82 bits per heavy atom. The van der Waals surface area contributed by atoms with Gasteiger partial charge in [0.15, 0.2) is 0 Å². The van der Waals surface area contributed by atoms with Gasteiger partial charge in [-0.05, 0) is 29.0 Å². The highest BCUT2D eigenvalue weighted by molar-refractivity contribution is 7.12. The Bertz CT molecular complexity index is 632. The van der Waals surface area contributed by atoms with Crippen LogP contribution in [0.3, 0.4) is 0 Å². The first-order valence-electron chi connectivity index (χ1n) is 7.34. The molecule has 1 fully saturated rings. The average Bonchev–Trinajstić information content (AvgIpc) is 3.18. The molecule has 0 radical (unpaired) electrons. The van der Waals surface area contributed by atoms with Crippen molar-refractivity contribution in [1.29, 1.82) is 0 Å². The Labute approximate surface area is 133 Å². The van der Waals surface area contributed by atoms with E-state index in [-0.39, 0.29) is 5.41 Å². The van der Waals surface area contributed by atoms with Gasteiger partial charge in [0, 0.05) is 25.1 Å². The molecule has 5 heteroatoms. The van der Waals surface area contributed by atoms with Crippen LogP contribution in [0.25, 0.3) is 0 Å². The van der Waals surface area contributed by atoms with Crippen molar-refractivity contribution in [3.05, 3.63) is 57.8 Å². The van der Waals surface area contributed by atoms with Gasteiger partial charge in [-0.15, -0.1) is 11.3 Å². The highest BCUT2D eigenvalue weighted by Gasteiger charge is 2.36. The molecule has 4 nitrogen and oxygen atoms in total. The van der Waals surface area contributed by atoms with Crippen molar-refractivity contribution in [3.8, 4) is 0 Å². The molecule has 1 aliphatic heterocycles. The van der Waals surface area contributed by atoms with Gasteiger partial charge in [0.05, 0.1) is 6.61 Å². The average molecular weight is 317 g/mol. The van der Waals surface area contributed by atoms with E-state index in [0.29, 0.717) is 11.4 Å². The molecule has 2 heterocycles. The van der Waals surface area contributed by atoms with Crippen molar-refractivity contribution in [2.24, 2.45) is 0 Å².